The van der Waals surface area contributed by atoms with Gasteiger partial charge in [-0.15, -0.1) is 0 Å². The molecule has 0 aliphatic carbocycles. The van der Waals surface area contributed by atoms with Gasteiger partial charge in [-0.3, -0.25) is 0 Å². The molecule has 1 heterocycles. The molecule has 0 radical (unpaired) electrons. The number of aliphatic hydroxyl groups is 1. The predicted octanol–water partition coefficient (Wildman–Crippen LogP) is 1.71. The van der Waals surface area contributed by atoms with E-state index in [4.69, 9.17) is 10.4 Å². The molecule has 0 aliphatic heterocycles. The van der Waals surface area contributed by atoms with Gasteiger partial charge in [-0.05, 0) is 0 Å². The smallest absolute Gasteiger partial charge is 0.443 e. The molecule has 9 heteroatoms. The maximum Gasteiger partial charge on any atom is 0.673 e. The SMILES string of the molecule is CN(C)c1cc[nH+]cc1.F[B-](F)(F)F.N#CO. The molecule has 17 heavy (non-hydrogen) atoms. The van der Waals surface area contributed by atoms with Crippen molar-refractivity contribution in [2.75, 3.05) is 19.0 Å². The highest BCUT2D eigenvalue weighted by Gasteiger charge is 2.20. The molecule has 0 saturated carbocycles. The highest BCUT2D eigenvalue weighted by atomic mass is 19.5. The molecule has 1 aromatic rings. The zero-order chi connectivity index (χ0) is 13.9. The Morgan fingerprint density at radius 1 is 1.24 bits per heavy atom. The van der Waals surface area contributed by atoms with E-state index in [1.807, 2.05) is 38.6 Å². The fourth-order valence-corrected chi connectivity index (χ4v) is 0.676. The molecule has 0 bridgehead atoms. The van der Waals surface area contributed by atoms with E-state index in [0.29, 0.717) is 0 Å². The van der Waals surface area contributed by atoms with E-state index < -0.39 is 7.25 Å². The molecule has 0 amide bonds. The number of aromatic amines is 1. The second kappa shape index (κ2) is 9.27. The van der Waals surface area contributed by atoms with E-state index in [1.54, 1.807) is 0 Å². The second-order valence-electron chi connectivity index (χ2n) is 2.75. The quantitative estimate of drug-likeness (QED) is 0.470. The maximum absolute atomic E-state index is 9.75. The van der Waals surface area contributed by atoms with Crippen LogP contribution >= 0.6 is 0 Å². The Kier molecular flexibility index (Phi) is 9.49. The van der Waals surface area contributed by atoms with Crippen molar-refractivity contribution < 1.29 is 27.4 Å². The highest BCUT2D eigenvalue weighted by Crippen LogP contribution is 2.06. The summed E-state index contributed by atoms with van der Waals surface area (Å²) in [6.07, 6.45) is 4.57. The second-order valence-corrected chi connectivity index (χ2v) is 2.75. The van der Waals surface area contributed by atoms with Crippen LogP contribution in [-0.2, 0) is 0 Å². The molecule has 0 unspecified atom stereocenters. The molecule has 1 aromatic heterocycles. The Balaban J connectivity index is 0. The largest absolute Gasteiger partial charge is 0.673 e. The summed E-state index contributed by atoms with van der Waals surface area (Å²) < 4.78 is 39.0. The zero-order valence-corrected chi connectivity index (χ0v) is 9.24. The molecular formula is C8H12BF4N3O. The lowest BCUT2D eigenvalue weighted by Crippen LogP contribution is -2.10. The summed E-state index contributed by atoms with van der Waals surface area (Å²) in [7, 11) is -1.95. The number of nitrogens with one attached hydrogen (secondary N) is 1. The Hall–Kier alpha value is -1.98. The normalized spacial score (nSPS) is 8.76. The van der Waals surface area contributed by atoms with Crippen molar-refractivity contribution in [3.8, 4) is 6.26 Å². The fraction of sp³-hybridized carbons (Fsp3) is 0.250. The monoisotopic (exact) mass is 253 g/mol. The van der Waals surface area contributed by atoms with Crippen LogP contribution < -0.4 is 9.88 Å². The standard InChI is InChI=1S/C7H10N2.CHNO.BF4/c1-9(2)7-3-5-8-6-4-7;2-1-3;2-1(3,4)5/h3-6H,1-2H3;3H;/q;;-1/p+1. The molecule has 4 nitrogen and oxygen atoms in total. The lowest BCUT2D eigenvalue weighted by Gasteiger charge is -2.08. The number of hydrogen-bond donors (Lipinski definition) is 1. The number of aromatic nitrogens is 1. The average molecular weight is 253 g/mol. The van der Waals surface area contributed by atoms with Crippen LogP contribution in [0.25, 0.3) is 0 Å². The van der Waals surface area contributed by atoms with Crippen LogP contribution in [0.15, 0.2) is 24.5 Å². The van der Waals surface area contributed by atoms with Gasteiger partial charge in [0.15, 0.2) is 12.4 Å². The highest BCUT2D eigenvalue weighted by molar-refractivity contribution is 6.50. The van der Waals surface area contributed by atoms with Crippen molar-refractivity contribution in [2.24, 2.45) is 0 Å². The Morgan fingerprint density at radius 3 is 1.71 bits per heavy atom. The molecule has 0 fully saturated rings. The Morgan fingerprint density at radius 2 is 1.53 bits per heavy atom. The van der Waals surface area contributed by atoms with Crippen molar-refractivity contribution in [2.45, 2.75) is 0 Å². The number of aliphatic hydroxyl groups excluding tert-OH is 1. The Bertz CT molecular complexity index is 320. The first kappa shape index (κ1) is 17.4. The van der Waals surface area contributed by atoms with Crippen molar-refractivity contribution in [3.05, 3.63) is 24.5 Å². The summed E-state index contributed by atoms with van der Waals surface area (Å²) in [4.78, 5) is 5.02. The predicted molar refractivity (Wildman–Crippen MR) is 55.1 cm³/mol. The number of rotatable bonds is 1. The minimum absolute atomic E-state index is 0.750. The summed E-state index contributed by atoms with van der Waals surface area (Å²) in [5.74, 6) is 0. The molecule has 0 spiro atoms. The fourth-order valence-electron chi connectivity index (χ4n) is 0.676. The third kappa shape index (κ3) is 20.2. The number of anilines is 1. The lowest BCUT2D eigenvalue weighted by atomic mass is 10.3. The minimum Gasteiger partial charge on any atom is -0.443 e. The average Bonchev–Trinajstić information content (AvgIpc) is 2.17. The van der Waals surface area contributed by atoms with Crippen LogP contribution in [0, 0.1) is 11.5 Å². The summed E-state index contributed by atoms with van der Waals surface area (Å²) in [6, 6.07) is 4.06. The number of nitrogens with zero attached hydrogens (tertiary/aromatic N) is 2. The first-order valence-corrected chi connectivity index (χ1v) is 4.26. The van der Waals surface area contributed by atoms with Crippen molar-refractivity contribution in [1.29, 1.82) is 5.26 Å². The van der Waals surface area contributed by atoms with Crippen molar-refractivity contribution in [1.82, 2.24) is 0 Å². The van der Waals surface area contributed by atoms with Crippen LogP contribution in [0.2, 0.25) is 0 Å². The summed E-state index contributed by atoms with van der Waals surface area (Å²) in [5.41, 5.74) is 1.22. The van der Waals surface area contributed by atoms with Crippen LogP contribution in [0.5, 0.6) is 0 Å². The van der Waals surface area contributed by atoms with E-state index in [-0.39, 0.29) is 0 Å². The minimum atomic E-state index is -6.00. The van der Waals surface area contributed by atoms with Crippen LogP contribution in [0.4, 0.5) is 23.0 Å². The first-order valence-electron chi connectivity index (χ1n) is 4.26. The number of pyridine rings is 1. The molecule has 0 aromatic carbocycles. The van der Waals surface area contributed by atoms with E-state index >= 15 is 0 Å². The molecular weight excluding hydrogens is 241 g/mol. The van der Waals surface area contributed by atoms with Gasteiger partial charge in [-0.1, -0.05) is 0 Å². The van der Waals surface area contributed by atoms with E-state index in [2.05, 4.69) is 9.88 Å². The van der Waals surface area contributed by atoms with Gasteiger partial charge in [0.1, 0.15) is 0 Å². The summed E-state index contributed by atoms with van der Waals surface area (Å²) in [5, 5.41) is 13.8. The number of nitriles is 1. The maximum atomic E-state index is 9.75. The number of halogens is 4. The molecule has 0 saturated heterocycles. The van der Waals surface area contributed by atoms with E-state index in [0.717, 1.165) is 6.26 Å². The number of H-pyrrole nitrogens is 1. The van der Waals surface area contributed by atoms with Gasteiger partial charge in [0, 0.05) is 31.9 Å². The van der Waals surface area contributed by atoms with Crippen molar-refractivity contribution >= 4 is 12.9 Å². The van der Waals surface area contributed by atoms with Gasteiger partial charge >= 0.3 is 7.25 Å². The third-order valence-electron chi connectivity index (χ3n) is 1.22. The van der Waals surface area contributed by atoms with Gasteiger partial charge in [0.2, 0.25) is 0 Å². The topological polar surface area (TPSA) is 61.4 Å². The molecule has 2 N–H and O–H groups in total. The van der Waals surface area contributed by atoms with Crippen LogP contribution in [0.1, 0.15) is 0 Å². The Labute approximate surface area is 96.2 Å². The van der Waals surface area contributed by atoms with Crippen molar-refractivity contribution in [3.63, 3.8) is 0 Å². The first-order chi connectivity index (χ1) is 7.72. The van der Waals surface area contributed by atoms with Gasteiger partial charge in [-0.2, -0.15) is 5.26 Å². The third-order valence-corrected chi connectivity index (χ3v) is 1.22. The molecule has 1 rings (SSSR count). The lowest BCUT2D eigenvalue weighted by molar-refractivity contribution is -0.377. The van der Waals surface area contributed by atoms with Gasteiger partial charge in [0.05, 0.1) is 0 Å². The molecule has 0 aliphatic rings. The van der Waals surface area contributed by atoms with E-state index in [1.165, 1.54) is 5.69 Å². The van der Waals surface area contributed by atoms with Gasteiger partial charge < -0.3 is 27.3 Å². The number of hydrogen-bond acceptors (Lipinski definition) is 3. The van der Waals surface area contributed by atoms with Crippen LogP contribution in [-0.4, -0.2) is 26.5 Å². The molecule has 96 valence electrons. The van der Waals surface area contributed by atoms with Gasteiger partial charge in [-0.25, -0.2) is 4.98 Å². The zero-order valence-electron chi connectivity index (χ0n) is 9.24. The molecule has 0 atom stereocenters. The summed E-state index contributed by atoms with van der Waals surface area (Å²) >= 11 is 0. The van der Waals surface area contributed by atoms with Crippen LogP contribution in [0.3, 0.4) is 0 Å². The summed E-state index contributed by atoms with van der Waals surface area (Å²) in [6.45, 7) is 0. The van der Waals surface area contributed by atoms with Gasteiger partial charge in [0.25, 0.3) is 6.26 Å². The van der Waals surface area contributed by atoms with E-state index in [9.17, 15) is 17.3 Å².